The minimum atomic E-state index is -3.66. The van der Waals surface area contributed by atoms with E-state index in [-0.39, 0.29) is 68.8 Å². The van der Waals surface area contributed by atoms with E-state index in [1.165, 1.54) is 47.7 Å². The van der Waals surface area contributed by atoms with Gasteiger partial charge in [0.25, 0.3) is 0 Å². The van der Waals surface area contributed by atoms with Crippen molar-refractivity contribution in [2.75, 3.05) is 0 Å². The summed E-state index contributed by atoms with van der Waals surface area (Å²) >= 11 is 1.27. The van der Waals surface area contributed by atoms with E-state index in [4.69, 9.17) is 0 Å². The first-order valence-electron chi connectivity index (χ1n) is 37.2. The maximum Gasteiger partial charge on any atom is 0.201 e. The number of fused-ring (bicyclic) bond motifs is 6. The lowest BCUT2D eigenvalue weighted by Gasteiger charge is -2.43. The molecule has 6 aromatic carbocycles. The molecule has 0 radical (unpaired) electrons. The van der Waals surface area contributed by atoms with Crippen LogP contribution < -0.4 is 0 Å². The molecule has 6 aliphatic carbocycles. The summed E-state index contributed by atoms with van der Waals surface area (Å²) in [6.45, 7) is 5.75. The summed E-state index contributed by atoms with van der Waals surface area (Å²) in [7, 11) is -11.0. The highest BCUT2D eigenvalue weighted by Crippen LogP contribution is 2.56. The molecule has 0 spiro atoms. The Morgan fingerprint density at radius 2 is 0.699 bits per heavy atom. The second-order valence-corrected chi connectivity index (χ2v) is 37.6. The van der Waals surface area contributed by atoms with Gasteiger partial charge in [-0.3, -0.25) is 24.4 Å². The molecule has 0 amide bonds. The maximum atomic E-state index is 14.2. The molecule has 113 heavy (non-hydrogen) atoms. The van der Waals surface area contributed by atoms with Crippen molar-refractivity contribution in [1.29, 1.82) is 0 Å². The fraction of sp³-hybridized carbons (Fsp3) is 0.239. The Morgan fingerprint density at radius 1 is 0.389 bits per heavy atom. The molecule has 6 heterocycles. The summed E-state index contributed by atoms with van der Waals surface area (Å²) < 4.78 is 128. The highest BCUT2D eigenvalue weighted by atomic mass is 32.2. The molecule has 6 aliphatic rings. The van der Waals surface area contributed by atoms with Crippen LogP contribution in [0, 0.1) is 54.5 Å². The summed E-state index contributed by atoms with van der Waals surface area (Å²) in [5.74, 6) is -1.48. The second-order valence-electron chi connectivity index (χ2n) is 30.0. The topological polar surface area (TPSA) is 246 Å². The second kappa shape index (κ2) is 30.0. The summed E-state index contributed by atoms with van der Waals surface area (Å²) in [5, 5.41) is 13.7. The molecule has 25 heteroatoms. The minimum absolute atomic E-state index is 0.141. The molecular formula is C88H76F3N9O9S4. The molecule has 12 aromatic rings. The van der Waals surface area contributed by atoms with Crippen LogP contribution in [-0.4, -0.2) is 103 Å². The third-order valence-corrected chi connectivity index (χ3v) is 30.6. The van der Waals surface area contributed by atoms with Gasteiger partial charge in [0.05, 0.1) is 99.4 Å². The molecule has 0 bridgehead atoms. The third kappa shape index (κ3) is 14.1. The molecule has 572 valence electrons. The summed E-state index contributed by atoms with van der Waals surface area (Å²) in [4.78, 5) is 56.2. The first kappa shape index (κ1) is 75.8. The quantitative estimate of drug-likeness (QED) is 0.0866. The molecular weight excluding hydrogens is 1510 g/mol. The highest BCUT2D eigenvalue weighted by molar-refractivity contribution is 7.92. The monoisotopic (exact) mass is 1590 g/mol. The van der Waals surface area contributed by atoms with Gasteiger partial charge < -0.3 is 0 Å². The normalized spacial score (nSPS) is 20.9. The van der Waals surface area contributed by atoms with Crippen LogP contribution >= 0.6 is 11.3 Å². The molecule has 18 rings (SSSR count). The molecule has 3 fully saturated rings. The van der Waals surface area contributed by atoms with Crippen LogP contribution in [0.5, 0.6) is 0 Å². The van der Waals surface area contributed by atoms with Gasteiger partial charge in [-0.15, -0.1) is 11.3 Å². The number of sulfone groups is 3. The van der Waals surface area contributed by atoms with Gasteiger partial charge in [0.15, 0.2) is 46.1 Å². The zero-order valence-electron chi connectivity index (χ0n) is 61.8. The number of carbonyl (C=O) groups is 3. The van der Waals surface area contributed by atoms with Crippen LogP contribution in [0.2, 0.25) is 0 Å². The van der Waals surface area contributed by atoms with Crippen LogP contribution in [-0.2, 0) is 48.8 Å². The van der Waals surface area contributed by atoms with E-state index >= 15 is 0 Å². The predicted molar refractivity (Wildman–Crippen MR) is 424 cm³/mol. The number of pyridine rings is 2. The van der Waals surface area contributed by atoms with E-state index in [9.17, 15) is 52.8 Å². The number of halogens is 3. The van der Waals surface area contributed by atoms with Gasteiger partial charge in [-0.2, -0.15) is 15.3 Å². The van der Waals surface area contributed by atoms with Crippen LogP contribution in [0.4, 0.5) is 13.2 Å². The molecule has 6 atom stereocenters. The Morgan fingerprint density at radius 3 is 0.982 bits per heavy atom. The zero-order chi connectivity index (χ0) is 78.8. The standard InChI is InChI=1S/2C30H26FN3O3S.C28H24FN3O3S2/c2*1-20-5-12-25(13-6-20)38(36,37)26-14-7-22-16-28-21(19-33-34(28)24-10-8-23(31)9-11-24)17-30(22,18-26)29(35)27-4-2-3-15-32-27;1-18-2-9-23(10-3-18)37(34,35)24-11-4-20-14-25-19(17-31-32(25)22-7-5-21(29)6-8-22)15-28(20,16-24)26(33)27-30-12-13-36-27/h2*2-6,8-13,15-16,19,26H,7,14,17-18H2,1H3;2-3,5-10,12-14,17,24H,4,11,15-16H2,1H3/t26-,30+;26-,30-;24-,28-/m100/s1. The van der Waals surface area contributed by atoms with Crippen LogP contribution in [0.25, 0.3) is 35.3 Å². The van der Waals surface area contributed by atoms with Gasteiger partial charge in [0.1, 0.15) is 28.8 Å². The molecule has 3 saturated carbocycles. The van der Waals surface area contributed by atoms with Gasteiger partial charge in [-0.25, -0.2) is 57.5 Å². The SMILES string of the molecule is Cc1ccc(S(=O)(=O)[C@@H]2CCC3=Cc4c(cnn4-c4ccc(F)cc4)C[C@]3(C(=O)c3ccccn3)C2)cc1.Cc1ccc(S(=O)(=O)[C@H]2CCC3=Cc4c(cnn4-c4ccc(F)cc4)C[C@]3(C(=O)c3ccccn3)C2)cc1.Cc1ccc(S(=O)(=O)[C@H]2CCC3=Cc4c(cnn4-c4ccc(F)cc4)C[C@]3(C(=O)c3nccs3)C2)cc1. The number of rotatable bonds is 15. The van der Waals surface area contributed by atoms with Gasteiger partial charge in [0, 0.05) is 24.0 Å². The van der Waals surface area contributed by atoms with E-state index < -0.39 is 61.5 Å². The number of thiazole rings is 1. The summed E-state index contributed by atoms with van der Waals surface area (Å²) in [6, 6.07) is 49.4. The number of Topliss-reactive ketones (excluding diaryl/α,β-unsaturated/α-hetero) is 3. The number of allylic oxidation sites excluding steroid dienone is 3. The van der Waals surface area contributed by atoms with Gasteiger partial charge in [-0.05, 0) is 266 Å². The lowest BCUT2D eigenvalue weighted by atomic mass is 9.61. The third-order valence-electron chi connectivity index (χ3n) is 23.2. The maximum absolute atomic E-state index is 14.2. The van der Waals surface area contributed by atoms with Crippen molar-refractivity contribution in [3.05, 3.63) is 326 Å². The molecule has 0 aliphatic heterocycles. The van der Waals surface area contributed by atoms with E-state index in [2.05, 4.69) is 30.2 Å². The first-order valence-corrected chi connectivity index (χ1v) is 42.7. The lowest BCUT2D eigenvalue weighted by molar-refractivity contribution is 0.0790. The number of nitrogens with zero attached hydrogens (tertiary/aromatic N) is 9. The minimum Gasteiger partial charge on any atom is -0.291 e. The number of aromatic nitrogens is 9. The number of ketones is 3. The number of benzene rings is 6. The van der Waals surface area contributed by atoms with Gasteiger partial charge in [-0.1, -0.05) is 81.9 Å². The Hall–Kier alpha value is -11.3. The number of hydrogen-bond donors (Lipinski definition) is 0. The zero-order valence-corrected chi connectivity index (χ0v) is 65.0. The summed E-state index contributed by atoms with van der Waals surface area (Å²) in [6.07, 6.45) is 20.0. The molecule has 6 aromatic heterocycles. The van der Waals surface area contributed by atoms with Crippen LogP contribution in [0.1, 0.15) is 139 Å². The average molecular weight is 1590 g/mol. The van der Waals surface area contributed by atoms with Gasteiger partial charge >= 0.3 is 0 Å². The van der Waals surface area contributed by atoms with Crippen molar-refractivity contribution in [2.24, 2.45) is 16.2 Å². The Bertz CT molecular complexity index is 5880. The van der Waals surface area contributed by atoms with Gasteiger partial charge in [0.2, 0.25) is 5.78 Å². The molecule has 0 N–H and O–H groups in total. The smallest absolute Gasteiger partial charge is 0.201 e. The van der Waals surface area contributed by atoms with Crippen molar-refractivity contribution < 1.29 is 52.8 Å². The molecule has 0 saturated heterocycles. The predicted octanol–water partition coefficient (Wildman–Crippen LogP) is 16.7. The van der Waals surface area contributed by atoms with Crippen molar-refractivity contribution in [2.45, 2.75) is 128 Å². The fourth-order valence-corrected chi connectivity index (χ4v) is 23.3. The van der Waals surface area contributed by atoms with E-state index in [1.54, 1.807) is 202 Å². The van der Waals surface area contributed by atoms with E-state index in [0.717, 1.165) is 67.2 Å². The first-order chi connectivity index (χ1) is 54.3. The van der Waals surface area contributed by atoms with Crippen LogP contribution in [0.3, 0.4) is 0 Å². The Labute approximate surface area is 656 Å². The average Bonchev–Trinajstić information content (AvgIpc) is 1.71. The lowest BCUT2D eigenvalue weighted by Crippen LogP contribution is -2.45. The fourth-order valence-electron chi connectivity index (χ4n) is 17.1. The Balaban J connectivity index is 0.000000128. The van der Waals surface area contributed by atoms with E-state index in [1.807, 2.05) is 39.0 Å². The van der Waals surface area contributed by atoms with Crippen molar-refractivity contribution in [1.82, 2.24) is 44.3 Å². The van der Waals surface area contributed by atoms with Crippen molar-refractivity contribution >= 4 is 76.4 Å². The molecule has 18 nitrogen and oxygen atoms in total. The summed E-state index contributed by atoms with van der Waals surface area (Å²) in [5.41, 5.74) is 10.4. The number of aryl methyl sites for hydroxylation is 3. The van der Waals surface area contributed by atoms with E-state index in [0.29, 0.717) is 91.2 Å². The number of hydrogen-bond acceptors (Lipinski definition) is 16. The molecule has 0 unspecified atom stereocenters. The highest BCUT2D eigenvalue weighted by Gasteiger charge is 2.56. The van der Waals surface area contributed by atoms with Crippen molar-refractivity contribution in [3.63, 3.8) is 0 Å². The van der Waals surface area contributed by atoms with Crippen molar-refractivity contribution in [3.8, 4) is 17.1 Å². The largest absolute Gasteiger partial charge is 0.291 e. The number of carbonyl (C=O) groups excluding carboxylic acids is 3. The Kier molecular flexibility index (Phi) is 20.1. The van der Waals surface area contributed by atoms with Crippen LogP contribution in [0.15, 0.2) is 256 Å².